The lowest BCUT2D eigenvalue weighted by Gasteiger charge is -2.09. The highest BCUT2D eigenvalue weighted by atomic mass is 16.7. The van der Waals surface area contributed by atoms with Crippen LogP contribution < -0.4 is 0 Å². The molecule has 1 aliphatic carbocycles. The van der Waals surface area contributed by atoms with Crippen molar-refractivity contribution in [3.8, 4) is 22.3 Å². The van der Waals surface area contributed by atoms with Crippen molar-refractivity contribution >= 4 is 22.5 Å². The zero-order valence-electron chi connectivity index (χ0n) is 13.7. The molecule has 0 radical (unpaired) electrons. The lowest BCUT2D eigenvalue weighted by molar-refractivity contribution is -0.140. The van der Waals surface area contributed by atoms with Gasteiger partial charge in [0.1, 0.15) is 0 Å². The molecule has 0 fully saturated rings. The van der Waals surface area contributed by atoms with E-state index in [9.17, 15) is 4.79 Å². The van der Waals surface area contributed by atoms with E-state index in [2.05, 4.69) is 59.8 Å². The van der Waals surface area contributed by atoms with Crippen LogP contribution in [0.25, 0.3) is 33.0 Å². The Morgan fingerprint density at radius 3 is 2.25 bits per heavy atom. The first kappa shape index (κ1) is 14.6. The number of carbonyl (C=O) groups is 1. The molecule has 0 spiro atoms. The van der Waals surface area contributed by atoms with Gasteiger partial charge in [-0.05, 0) is 45.5 Å². The molecule has 3 heteroatoms. The Hall–Kier alpha value is -2.94. The summed E-state index contributed by atoms with van der Waals surface area (Å²) in [7, 11) is 0. The quantitative estimate of drug-likeness (QED) is 0.304. The van der Waals surface area contributed by atoms with E-state index in [0.717, 1.165) is 5.71 Å². The zero-order chi connectivity index (χ0) is 16.7. The van der Waals surface area contributed by atoms with Crippen LogP contribution in [-0.4, -0.2) is 11.7 Å². The van der Waals surface area contributed by atoms with Gasteiger partial charge in [0, 0.05) is 13.3 Å². The SMILES string of the molecule is CC(=O)ON=C(C)Cc1ccc2c3c(cccc13)-c1ccccc1-2. The van der Waals surface area contributed by atoms with E-state index in [0.29, 0.717) is 6.42 Å². The Morgan fingerprint density at radius 1 is 0.875 bits per heavy atom. The maximum Gasteiger partial charge on any atom is 0.331 e. The van der Waals surface area contributed by atoms with E-state index >= 15 is 0 Å². The second-order valence-electron chi connectivity index (χ2n) is 6.13. The van der Waals surface area contributed by atoms with Gasteiger partial charge in [-0.1, -0.05) is 59.8 Å². The molecule has 0 atom stereocenters. The summed E-state index contributed by atoms with van der Waals surface area (Å²) in [5.41, 5.74) is 7.13. The van der Waals surface area contributed by atoms with E-state index < -0.39 is 5.97 Å². The molecule has 3 aromatic carbocycles. The highest BCUT2D eigenvalue weighted by Crippen LogP contribution is 2.47. The van der Waals surface area contributed by atoms with Gasteiger partial charge in [-0.3, -0.25) is 0 Å². The summed E-state index contributed by atoms with van der Waals surface area (Å²) >= 11 is 0. The molecule has 0 saturated carbocycles. The average molecular weight is 315 g/mol. The minimum Gasteiger partial charge on any atom is -0.319 e. The molecule has 0 bridgehead atoms. The number of rotatable bonds is 3. The number of nitrogens with zero attached hydrogens (tertiary/aromatic N) is 1. The standard InChI is InChI=1S/C21H17NO2/c1-13(22-24-14(2)23)12-15-10-11-20-18-7-4-3-6-17(18)19-9-5-8-16(15)21(19)20/h3-11H,12H2,1-2H3. The first-order valence-corrected chi connectivity index (χ1v) is 8.00. The fourth-order valence-electron chi connectivity index (χ4n) is 3.47. The summed E-state index contributed by atoms with van der Waals surface area (Å²) in [6.07, 6.45) is 0.657. The van der Waals surface area contributed by atoms with Gasteiger partial charge in [-0.15, -0.1) is 0 Å². The summed E-state index contributed by atoms with van der Waals surface area (Å²) in [4.78, 5) is 15.7. The van der Waals surface area contributed by atoms with Crippen LogP contribution >= 0.6 is 0 Å². The number of benzene rings is 3. The maximum absolute atomic E-state index is 10.9. The Balaban J connectivity index is 1.83. The third kappa shape index (κ3) is 2.29. The first-order chi connectivity index (χ1) is 11.6. The summed E-state index contributed by atoms with van der Waals surface area (Å²) in [5.74, 6) is -0.398. The van der Waals surface area contributed by atoms with Crippen molar-refractivity contribution in [2.45, 2.75) is 20.3 Å². The van der Waals surface area contributed by atoms with Crippen molar-refractivity contribution in [1.82, 2.24) is 0 Å². The molecule has 0 unspecified atom stereocenters. The van der Waals surface area contributed by atoms with Gasteiger partial charge in [0.05, 0.1) is 5.71 Å². The van der Waals surface area contributed by atoms with Crippen molar-refractivity contribution in [1.29, 1.82) is 0 Å². The molecule has 118 valence electrons. The normalized spacial score (nSPS) is 12.3. The minimum absolute atomic E-state index is 0.398. The third-order valence-electron chi connectivity index (χ3n) is 4.41. The summed E-state index contributed by atoms with van der Waals surface area (Å²) < 4.78 is 0. The molecule has 3 aromatic rings. The molecule has 0 aromatic heterocycles. The van der Waals surface area contributed by atoms with Gasteiger partial charge in [-0.2, -0.15) is 0 Å². The minimum atomic E-state index is -0.398. The molecule has 0 amide bonds. The van der Waals surface area contributed by atoms with Crippen LogP contribution in [0.4, 0.5) is 0 Å². The zero-order valence-corrected chi connectivity index (χ0v) is 13.7. The van der Waals surface area contributed by atoms with Crippen molar-refractivity contribution in [2.24, 2.45) is 5.16 Å². The monoisotopic (exact) mass is 315 g/mol. The van der Waals surface area contributed by atoms with Crippen LogP contribution in [0.2, 0.25) is 0 Å². The number of carbonyl (C=O) groups excluding carboxylic acids is 1. The lowest BCUT2D eigenvalue weighted by atomic mass is 9.96. The Morgan fingerprint density at radius 2 is 1.54 bits per heavy atom. The summed E-state index contributed by atoms with van der Waals surface area (Å²) in [6.45, 7) is 3.23. The van der Waals surface area contributed by atoms with Gasteiger partial charge in [-0.25, -0.2) is 4.79 Å². The third-order valence-corrected chi connectivity index (χ3v) is 4.41. The number of hydrogen-bond acceptors (Lipinski definition) is 3. The van der Waals surface area contributed by atoms with Crippen molar-refractivity contribution in [3.63, 3.8) is 0 Å². The Bertz CT molecular complexity index is 973. The Labute approximate surface area is 140 Å². The second-order valence-corrected chi connectivity index (χ2v) is 6.13. The predicted octanol–water partition coefficient (Wildman–Crippen LogP) is 4.97. The molecule has 1 aliphatic rings. The number of hydrogen-bond donors (Lipinski definition) is 0. The molecule has 24 heavy (non-hydrogen) atoms. The average Bonchev–Trinajstić information content (AvgIpc) is 2.91. The first-order valence-electron chi connectivity index (χ1n) is 8.00. The van der Waals surface area contributed by atoms with Crippen LogP contribution in [-0.2, 0) is 16.1 Å². The van der Waals surface area contributed by atoms with Crippen molar-refractivity contribution < 1.29 is 9.63 Å². The smallest absolute Gasteiger partial charge is 0.319 e. The van der Waals surface area contributed by atoms with Crippen molar-refractivity contribution in [2.75, 3.05) is 0 Å². The van der Waals surface area contributed by atoms with Crippen LogP contribution in [0.3, 0.4) is 0 Å². The molecular weight excluding hydrogens is 298 g/mol. The highest BCUT2D eigenvalue weighted by Gasteiger charge is 2.21. The van der Waals surface area contributed by atoms with Crippen LogP contribution in [0.5, 0.6) is 0 Å². The number of fused-ring (bicyclic) bond motifs is 3. The van der Waals surface area contributed by atoms with Crippen LogP contribution in [0.15, 0.2) is 59.8 Å². The van der Waals surface area contributed by atoms with Gasteiger partial charge in [0.2, 0.25) is 0 Å². The molecule has 3 nitrogen and oxygen atoms in total. The van der Waals surface area contributed by atoms with Gasteiger partial charge in [0.25, 0.3) is 0 Å². The van der Waals surface area contributed by atoms with Gasteiger partial charge < -0.3 is 4.84 Å². The Kier molecular flexibility index (Phi) is 3.42. The van der Waals surface area contributed by atoms with Gasteiger partial charge >= 0.3 is 5.97 Å². The maximum atomic E-state index is 10.9. The molecular formula is C21H17NO2. The largest absolute Gasteiger partial charge is 0.331 e. The second kappa shape index (κ2) is 5.60. The summed E-state index contributed by atoms with van der Waals surface area (Å²) in [6, 6.07) is 19.3. The fraction of sp³-hybridized carbons (Fsp3) is 0.143. The van der Waals surface area contributed by atoms with E-state index in [1.165, 1.54) is 45.5 Å². The van der Waals surface area contributed by atoms with Crippen molar-refractivity contribution in [3.05, 3.63) is 60.2 Å². The molecule has 0 aliphatic heterocycles. The number of oxime groups is 1. The van der Waals surface area contributed by atoms with E-state index in [4.69, 9.17) is 4.84 Å². The van der Waals surface area contributed by atoms with Crippen LogP contribution in [0, 0.1) is 0 Å². The van der Waals surface area contributed by atoms with E-state index in [1.54, 1.807) is 0 Å². The van der Waals surface area contributed by atoms with E-state index in [-0.39, 0.29) is 0 Å². The molecule has 0 saturated heterocycles. The molecule has 4 rings (SSSR count). The van der Waals surface area contributed by atoms with Crippen LogP contribution in [0.1, 0.15) is 19.4 Å². The highest BCUT2D eigenvalue weighted by molar-refractivity contribution is 6.16. The summed E-state index contributed by atoms with van der Waals surface area (Å²) in [5, 5.41) is 6.43. The topological polar surface area (TPSA) is 38.7 Å². The molecule has 0 heterocycles. The van der Waals surface area contributed by atoms with E-state index in [1.807, 2.05) is 6.92 Å². The predicted molar refractivity (Wildman–Crippen MR) is 97.0 cm³/mol. The fourth-order valence-corrected chi connectivity index (χ4v) is 3.47. The molecule has 0 N–H and O–H groups in total. The van der Waals surface area contributed by atoms with Gasteiger partial charge in [0.15, 0.2) is 0 Å². The lowest BCUT2D eigenvalue weighted by Crippen LogP contribution is -2.02.